The first-order valence-electron chi connectivity index (χ1n) is 8.24. The topological polar surface area (TPSA) is 44.5 Å². The molecule has 3 nitrogen and oxygen atoms in total. The lowest BCUT2D eigenvalue weighted by molar-refractivity contribution is -0.146. The average molecular weight is 289 g/mol. The Balaban J connectivity index is 1.70. The van der Waals surface area contributed by atoms with Crippen molar-refractivity contribution in [3.8, 4) is 5.75 Å². The zero-order valence-corrected chi connectivity index (χ0v) is 13.2. The van der Waals surface area contributed by atoms with Crippen LogP contribution in [0.3, 0.4) is 0 Å². The number of rotatable bonds is 4. The molecule has 0 amide bonds. The maximum absolute atomic E-state index is 6.56. The standard InChI is InChI=1S/C18H27NO2/c1-13(2)21-16-6-3-5-14(11-16)17(19)15-7-10-20-18(12-15)8-4-9-18/h3,5-6,11,13,15,17H,4,7-10,12,19H2,1-2H3. The second-order valence-electron chi connectivity index (χ2n) is 6.90. The molecule has 1 aliphatic heterocycles. The molecule has 1 aliphatic carbocycles. The van der Waals surface area contributed by atoms with Crippen LogP contribution in [0.4, 0.5) is 0 Å². The van der Waals surface area contributed by atoms with Crippen molar-refractivity contribution in [1.82, 2.24) is 0 Å². The van der Waals surface area contributed by atoms with E-state index >= 15 is 0 Å². The Morgan fingerprint density at radius 3 is 2.81 bits per heavy atom. The summed E-state index contributed by atoms with van der Waals surface area (Å²) in [7, 11) is 0. The van der Waals surface area contributed by atoms with Gasteiger partial charge in [-0.3, -0.25) is 0 Å². The minimum absolute atomic E-state index is 0.0853. The van der Waals surface area contributed by atoms with Gasteiger partial charge in [0.05, 0.1) is 11.7 Å². The maximum atomic E-state index is 6.56. The fraction of sp³-hybridized carbons (Fsp3) is 0.667. The molecular weight excluding hydrogens is 262 g/mol. The van der Waals surface area contributed by atoms with E-state index in [1.54, 1.807) is 0 Å². The molecule has 2 fully saturated rings. The summed E-state index contributed by atoms with van der Waals surface area (Å²) in [6.45, 7) is 4.96. The number of nitrogens with two attached hydrogens (primary N) is 1. The van der Waals surface area contributed by atoms with E-state index in [0.717, 1.165) is 25.2 Å². The van der Waals surface area contributed by atoms with Crippen molar-refractivity contribution < 1.29 is 9.47 Å². The first kappa shape index (κ1) is 14.9. The Morgan fingerprint density at radius 2 is 2.14 bits per heavy atom. The zero-order chi connectivity index (χ0) is 14.9. The monoisotopic (exact) mass is 289 g/mol. The summed E-state index contributed by atoms with van der Waals surface area (Å²) >= 11 is 0. The van der Waals surface area contributed by atoms with Crippen molar-refractivity contribution >= 4 is 0 Å². The van der Waals surface area contributed by atoms with E-state index in [1.165, 1.54) is 24.8 Å². The quantitative estimate of drug-likeness (QED) is 0.916. The zero-order valence-electron chi connectivity index (χ0n) is 13.2. The van der Waals surface area contributed by atoms with Crippen LogP contribution in [-0.4, -0.2) is 18.3 Å². The molecule has 2 N–H and O–H groups in total. The average Bonchev–Trinajstić information content (AvgIpc) is 2.44. The molecule has 2 atom stereocenters. The molecule has 116 valence electrons. The molecule has 1 saturated carbocycles. The molecule has 1 heterocycles. The highest BCUT2D eigenvalue weighted by molar-refractivity contribution is 5.31. The van der Waals surface area contributed by atoms with Crippen molar-refractivity contribution in [2.24, 2.45) is 11.7 Å². The molecule has 2 aliphatic rings. The number of benzene rings is 1. The molecule has 21 heavy (non-hydrogen) atoms. The van der Waals surface area contributed by atoms with Gasteiger partial charge in [0, 0.05) is 12.6 Å². The SMILES string of the molecule is CC(C)Oc1cccc(C(N)C2CCOC3(CCC3)C2)c1. The predicted molar refractivity (Wildman–Crippen MR) is 84.4 cm³/mol. The third-order valence-electron chi connectivity index (χ3n) is 4.92. The second-order valence-corrected chi connectivity index (χ2v) is 6.90. The van der Waals surface area contributed by atoms with Crippen molar-refractivity contribution in [3.63, 3.8) is 0 Å². The van der Waals surface area contributed by atoms with Gasteiger partial charge in [0.15, 0.2) is 0 Å². The summed E-state index contributed by atoms with van der Waals surface area (Å²) in [5.74, 6) is 1.44. The lowest BCUT2D eigenvalue weighted by Crippen LogP contribution is -2.47. The highest BCUT2D eigenvalue weighted by Gasteiger charge is 2.43. The van der Waals surface area contributed by atoms with E-state index in [-0.39, 0.29) is 17.7 Å². The molecule has 1 spiro atoms. The Hall–Kier alpha value is -1.06. The molecule has 3 heteroatoms. The summed E-state index contributed by atoms with van der Waals surface area (Å²) in [4.78, 5) is 0. The third kappa shape index (κ3) is 3.24. The maximum Gasteiger partial charge on any atom is 0.120 e. The molecule has 0 radical (unpaired) electrons. The van der Waals surface area contributed by atoms with Crippen LogP contribution < -0.4 is 10.5 Å². The van der Waals surface area contributed by atoms with Gasteiger partial charge in [-0.05, 0) is 69.6 Å². The molecule has 1 saturated heterocycles. The lowest BCUT2D eigenvalue weighted by Gasteiger charge is -2.48. The minimum atomic E-state index is 0.0853. The molecule has 1 aromatic rings. The number of hydrogen-bond acceptors (Lipinski definition) is 3. The van der Waals surface area contributed by atoms with Crippen LogP contribution in [0.5, 0.6) is 5.75 Å². The predicted octanol–water partition coefficient (Wildman–Crippen LogP) is 3.82. The third-order valence-corrected chi connectivity index (χ3v) is 4.92. The first-order valence-corrected chi connectivity index (χ1v) is 8.24. The van der Waals surface area contributed by atoms with Gasteiger partial charge < -0.3 is 15.2 Å². The molecular formula is C18H27NO2. The van der Waals surface area contributed by atoms with E-state index in [1.807, 2.05) is 26.0 Å². The van der Waals surface area contributed by atoms with Crippen LogP contribution in [-0.2, 0) is 4.74 Å². The van der Waals surface area contributed by atoms with Gasteiger partial charge in [0.1, 0.15) is 5.75 Å². The number of ether oxygens (including phenoxy) is 2. The fourth-order valence-corrected chi connectivity index (χ4v) is 3.63. The summed E-state index contributed by atoms with van der Waals surface area (Å²) in [5.41, 5.74) is 7.91. The summed E-state index contributed by atoms with van der Waals surface area (Å²) in [6, 6.07) is 8.37. The van der Waals surface area contributed by atoms with Crippen LogP contribution in [0.1, 0.15) is 57.6 Å². The molecule has 0 bridgehead atoms. The van der Waals surface area contributed by atoms with Gasteiger partial charge in [-0.2, -0.15) is 0 Å². The van der Waals surface area contributed by atoms with Crippen molar-refractivity contribution in [1.29, 1.82) is 0 Å². The summed E-state index contributed by atoms with van der Waals surface area (Å²) in [5, 5.41) is 0. The lowest BCUT2D eigenvalue weighted by atomic mass is 9.70. The highest BCUT2D eigenvalue weighted by Crippen LogP contribution is 2.46. The highest BCUT2D eigenvalue weighted by atomic mass is 16.5. The van der Waals surface area contributed by atoms with Crippen LogP contribution in [0.15, 0.2) is 24.3 Å². The van der Waals surface area contributed by atoms with E-state index in [4.69, 9.17) is 15.2 Å². The normalized spacial score (nSPS) is 25.6. The number of hydrogen-bond donors (Lipinski definition) is 1. The van der Waals surface area contributed by atoms with Crippen LogP contribution in [0, 0.1) is 5.92 Å². The second kappa shape index (κ2) is 5.98. The van der Waals surface area contributed by atoms with Gasteiger partial charge >= 0.3 is 0 Å². The van der Waals surface area contributed by atoms with Gasteiger partial charge in [0.25, 0.3) is 0 Å². The van der Waals surface area contributed by atoms with E-state index < -0.39 is 0 Å². The molecule has 0 aromatic heterocycles. The van der Waals surface area contributed by atoms with Gasteiger partial charge in [0.2, 0.25) is 0 Å². The van der Waals surface area contributed by atoms with E-state index in [9.17, 15) is 0 Å². The molecule has 1 aromatic carbocycles. The van der Waals surface area contributed by atoms with Crippen molar-refractivity contribution in [3.05, 3.63) is 29.8 Å². The Morgan fingerprint density at radius 1 is 1.33 bits per heavy atom. The molecule has 2 unspecified atom stereocenters. The van der Waals surface area contributed by atoms with Crippen LogP contribution >= 0.6 is 0 Å². The van der Waals surface area contributed by atoms with Gasteiger partial charge in [-0.1, -0.05) is 12.1 Å². The fourth-order valence-electron chi connectivity index (χ4n) is 3.63. The van der Waals surface area contributed by atoms with Crippen molar-refractivity contribution in [2.75, 3.05) is 6.61 Å². The summed E-state index contributed by atoms with van der Waals surface area (Å²) < 4.78 is 11.8. The Bertz CT molecular complexity index is 482. The largest absolute Gasteiger partial charge is 0.491 e. The van der Waals surface area contributed by atoms with Crippen LogP contribution in [0.2, 0.25) is 0 Å². The first-order chi connectivity index (χ1) is 10.1. The van der Waals surface area contributed by atoms with Crippen LogP contribution in [0.25, 0.3) is 0 Å². The van der Waals surface area contributed by atoms with E-state index in [2.05, 4.69) is 12.1 Å². The van der Waals surface area contributed by atoms with Gasteiger partial charge in [-0.25, -0.2) is 0 Å². The Labute approximate surface area is 127 Å². The van der Waals surface area contributed by atoms with Crippen molar-refractivity contribution in [2.45, 2.75) is 63.7 Å². The minimum Gasteiger partial charge on any atom is -0.491 e. The van der Waals surface area contributed by atoms with Gasteiger partial charge in [-0.15, -0.1) is 0 Å². The summed E-state index contributed by atoms with van der Waals surface area (Å²) in [6.07, 6.45) is 6.11. The van der Waals surface area contributed by atoms with E-state index in [0.29, 0.717) is 5.92 Å². The molecule has 3 rings (SSSR count). The Kier molecular flexibility index (Phi) is 4.23. The smallest absolute Gasteiger partial charge is 0.120 e.